The van der Waals surface area contributed by atoms with Crippen molar-refractivity contribution in [2.24, 2.45) is 0 Å². The Labute approximate surface area is 169 Å². The predicted octanol–water partition coefficient (Wildman–Crippen LogP) is 4.31. The van der Waals surface area contributed by atoms with Crippen LogP contribution in [0.5, 0.6) is 5.75 Å². The van der Waals surface area contributed by atoms with Gasteiger partial charge in [-0.1, -0.05) is 30.2 Å². The number of aromatic nitrogens is 3. The second-order valence-electron chi connectivity index (χ2n) is 6.34. The zero-order valence-electron chi connectivity index (χ0n) is 15.6. The molecule has 1 aliphatic heterocycles. The number of carbonyl (C=O) groups excluding carboxylic acids is 1. The number of hydrogen-bond acceptors (Lipinski definition) is 7. The fraction of sp³-hybridized carbons (Fsp3) is 0.143. The van der Waals surface area contributed by atoms with Crippen LogP contribution in [-0.4, -0.2) is 27.5 Å². The first-order chi connectivity index (χ1) is 13.8. The molecule has 0 spiro atoms. The number of fused-ring (bicyclic) bond motifs is 3. The molecule has 29 heavy (non-hydrogen) atoms. The summed E-state index contributed by atoms with van der Waals surface area (Å²) in [5.74, 6) is 5.75. The van der Waals surface area contributed by atoms with Gasteiger partial charge in [-0.3, -0.25) is 4.79 Å². The van der Waals surface area contributed by atoms with Gasteiger partial charge in [-0.2, -0.15) is 4.98 Å². The number of benzene rings is 1. The van der Waals surface area contributed by atoms with E-state index in [-0.39, 0.29) is 23.8 Å². The van der Waals surface area contributed by atoms with E-state index in [1.807, 2.05) is 0 Å². The van der Waals surface area contributed by atoms with Crippen LogP contribution in [0.25, 0.3) is 22.4 Å². The van der Waals surface area contributed by atoms with Gasteiger partial charge < -0.3 is 9.26 Å². The summed E-state index contributed by atoms with van der Waals surface area (Å²) in [6.07, 6.45) is 0. The molecule has 0 fully saturated rings. The van der Waals surface area contributed by atoms with E-state index in [0.29, 0.717) is 39.1 Å². The second kappa shape index (κ2) is 7.11. The number of nitrogens with zero attached hydrogens (tertiary/aromatic N) is 3. The fourth-order valence-electron chi connectivity index (χ4n) is 2.70. The summed E-state index contributed by atoms with van der Waals surface area (Å²) in [5, 5.41) is 4.10. The fourth-order valence-corrected chi connectivity index (χ4v) is 3.63. The number of ketones is 1. The number of carbonyl (C=O) groups is 1. The number of aryl methyl sites for hydroxylation is 1. The van der Waals surface area contributed by atoms with Crippen LogP contribution in [0, 0.1) is 24.6 Å². The highest BCUT2D eigenvalue weighted by atomic mass is 32.1. The van der Waals surface area contributed by atoms with Crippen LogP contribution in [0.1, 0.15) is 38.9 Å². The summed E-state index contributed by atoms with van der Waals surface area (Å²) >= 11 is 1.25. The molecule has 0 aliphatic carbocycles. The molecule has 4 rings (SSSR count). The summed E-state index contributed by atoms with van der Waals surface area (Å²) in [5.41, 5.74) is 2.19. The van der Waals surface area contributed by atoms with Gasteiger partial charge in [0.2, 0.25) is 11.7 Å². The Bertz CT molecular complexity index is 1260. The predicted molar refractivity (Wildman–Crippen MR) is 107 cm³/mol. The van der Waals surface area contributed by atoms with Gasteiger partial charge in [-0.15, -0.1) is 11.3 Å². The minimum absolute atomic E-state index is 0.129. The van der Waals surface area contributed by atoms with E-state index in [9.17, 15) is 9.18 Å². The molecule has 0 saturated carbocycles. The first kappa shape index (κ1) is 18.8. The van der Waals surface area contributed by atoms with E-state index in [1.54, 1.807) is 13.0 Å². The first-order valence-corrected chi connectivity index (χ1v) is 9.33. The van der Waals surface area contributed by atoms with E-state index < -0.39 is 5.82 Å². The quantitative estimate of drug-likeness (QED) is 0.465. The number of hydrogen-bond donors (Lipinski definition) is 0. The average Bonchev–Trinajstić information content (AvgIpc) is 3.29. The minimum Gasteiger partial charge on any atom is -0.488 e. The molecular formula is C21H14FN3O3S. The van der Waals surface area contributed by atoms with Crippen LogP contribution < -0.4 is 4.74 Å². The van der Waals surface area contributed by atoms with Gasteiger partial charge in [0.05, 0.1) is 21.7 Å². The highest BCUT2D eigenvalue weighted by Crippen LogP contribution is 2.42. The highest BCUT2D eigenvalue weighted by Gasteiger charge is 2.25. The molecule has 0 N–H and O–H groups in total. The number of rotatable bonds is 2. The maximum atomic E-state index is 14.6. The van der Waals surface area contributed by atoms with Crippen molar-refractivity contribution in [3.63, 3.8) is 0 Å². The van der Waals surface area contributed by atoms with Crippen LogP contribution in [-0.2, 0) is 0 Å². The second-order valence-corrected chi connectivity index (χ2v) is 7.34. The smallest absolute Gasteiger partial charge is 0.223 e. The topological polar surface area (TPSA) is 78.1 Å². The van der Waals surface area contributed by atoms with Crippen molar-refractivity contribution in [1.82, 2.24) is 15.1 Å². The number of halogens is 1. The van der Waals surface area contributed by atoms with Crippen LogP contribution in [0.2, 0.25) is 0 Å². The summed E-state index contributed by atoms with van der Waals surface area (Å²) in [6.45, 7) is 11.1. The van der Waals surface area contributed by atoms with Crippen molar-refractivity contribution >= 4 is 28.3 Å². The molecule has 3 aromatic rings. The van der Waals surface area contributed by atoms with E-state index >= 15 is 0 Å². The molecule has 0 amide bonds. The maximum Gasteiger partial charge on any atom is 0.223 e. The summed E-state index contributed by atoms with van der Waals surface area (Å²) < 4.78 is 25.2. The SMILES string of the molecule is C=C(C#Cc1cc2c(cc1F)OCC(=C)c1sc(C(C)=O)nc1-2)c1noc(C)n1. The zero-order valence-corrected chi connectivity index (χ0v) is 16.4. The molecule has 144 valence electrons. The molecule has 0 bridgehead atoms. The van der Waals surface area contributed by atoms with E-state index in [0.717, 1.165) is 4.88 Å². The van der Waals surface area contributed by atoms with Gasteiger partial charge in [-0.05, 0) is 6.07 Å². The van der Waals surface area contributed by atoms with Crippen molar-refractivity contribution in [2.75, 3.05) is 6.61 Å². The number of thiazole rings is 1. The molecule has 3 heterocycles. The van der Waals surface area contributed by atoms with Gasteiger partial charge in [0.25, 0.3) is 0 Å². The van der Waals surface area contributed by atoms with Gasteiger partial charge in [-0.25, -0.2) is 9.37 Å². The summed E-state index contributed by atoms with van der Waals surface area (Å²) in [6, 6.07) is 2.81. The number of Topliss-reactive ketones (excluding diaryl/α,β-unsaturated/α-hetero) is 1. The Hall–Kier alpha value is -3.57. The monoisotopic (exact) mass is 407 g/mol. The molecule has 0 atom stereocenters. The third kappa shape index (κ3) is 3.48. The Kier molecular flexibility index (Phi) is 4.60. The Morgan fingerprint density at radius 1 is 1.34 bits per heavy atom. The first-order valence-electron chi connectivity index (χ1n) is 8.51. The zero-order chi connectivity index (χ0) is 20.7. The highest BCUT2D eigenvalue weighted by molar-refractivity contribution is 7.15. The van der Waals surface area contributed by atoms with Gasteiger partial charge in [0.15, 0.2) is 10.8 Å². The Balaban J connectivity index is 1.80. The van der Waals surface area contributed by atoms with Crippen molar-refractivity contribution in [3.05, 3.63) is 58.3 Å². The molecule has 2 aromatic heterocycles. The van der Waals surface area contributed by atoms with Crippen LogP contribution >= 0.6 is 11.3 Å². The van der Waals surface area contributed by atoms with Gasteiger partial charge in [0.1, 0.15) is 18.2 Å². The van der Waals surface area contributed by atoms with Gasteiger partial charge >= 0.3 is 0 Å². The van der Waals surface area contributed by atoms with Crippen LogP contribution in [0.3, 0.4) is 0 Å². The van der Waals surface area contributed by atoms with E-state index in [4.69, 9.17) is 9.26 Å². The average molecular weight is 407 g/mol. The normalized spacial score (nSPS) is 12.2. The standard InChI is InChI=1S/C21H14FN3O3S/c1-10(20-23-13(4)28-25-20)5-6-14-7-15-17(8-16(14)22)27-9-11(2)19-18(15)24-21(29-19)12(3)26/h7-8H,1-2,9H2,3-4H3. The van der Waals surface area contributed by atoms with Crippen molar-refractivity contribution < 1.29 is 18.4 Å². The van der Waals surface area contributed by atoms with Crippen molar-refractivity contribution in [1.29, 1.82) is 0 Å². The largest absolute Gasteiger partial charge is 0.488 e. The van der Waals surface area contributed by atoms with E-state index in [1.165, 1.54) is 24.3 Å². The van der Waals surface area contributed by atoms with Crippen LogP contribution in [0.15, 0.2) is 29.8 Å². The molecule has 6 nitrogen and oxygen atoms in total. The maximum absolute atomic E-state index is 14.6. The lowest BCUT2D eigenvalue weighted by atomic mass is 10.0. The van der Waals surface area contributed by atoms with Crippen molar-refractivity contribution in [3.8, 4) is 28.8 Å². The Morgan fingerprint density at radius 2 is 2.14 bits per heavy atom. The molecule has 0 unspecified atom stereocenters. The molecular weight excluding hydrogens is 393 g/mol. The lowest BCUT2D eigenvalue weighted by Gasteiger charge is -2.08. The molecule has 0 radical (unpaired) electrons. The van der Waals surface area contributed by atoms with Gasteiger partial charge in [0, 0.05) is 31.1 Å². The lowest BCUT2D eigenvalue weighted by Crippen LogP contribution is -1.98. The molecule has 1 aromatic carbocycles. The van der Waals surface area contributed by atoms with E-state index in [2.05, 4.69) is 40.1 Å². The summed E-state index contributed by atoms with van der Waals surface area (Å²) in [4.78, 5) is 21.0. The molecule has 1 aliphatic rings. The third-order valence-corrected chi connectivity index (χ3v) is 5.38. The summed E-state index contributed by atoms with van der Waals surface area (Å²) in [7, 11) is 0. The molecule has 8 heteroatoms. The number of allylic oxidation sites excluding steroid dienone is 1. The minimum atomic E-state index is -0.551. The third-order valence-electron chi connectivity index (χ3n) is 4.12. The lowest BCUT2D eigenvalue weighted by molar-refractivity contribution is 0.101. The number of ether oxygens (including phenoxy) is 1. The van der Waals surface area contributed by atoms with Crippen LogP contribution in [0.4, 0.5) is 4.39 Å². The van der Waals surface area contributed by atoms with Crippen molar-refractivity contribution in [2.45, 2.75) is 13.8 Å². The molecule has 0 saturated heterocycles. The Morgan fingerprint density at radius 3 is 2.83 bits per heavy atom.